The van der Waals surface area contributed by atoms with Crippen LogP contribution in [0.25, 0.3) is 0 Å². The van der Waals surface area contributed by atoms with Gasteiger partial charge in [0.1, 0.15) is 6.04 Å². The van der Waals surface area contributed by atoms with E-state index >= 15 is 0 Å². The summed E-state index contributed by atoms with van der Waals surface area (Å²) in [5.41, 5.74) is 1.00. The lowest BCUT2D eigenvalue weighted by Crippen LogP contribution is -2.29. The van der Waals surface area contributed by atoms with Crippen LogP contribution in [0.1, 0.15) is 12.0 Å². The average Bonchev–Trinajstić information content (AvgIpc) is 2.30. The van der Waals surface area contributed by atoms with Crippen molar-refractivity contribution in [1.82, 2.24) is 0 Å². The summed E-state index contributed by atoms with van der Waals surface area (Å²) < 4.78 is 0. The topological polar surface area (TPSA) is 92.5 Å². The smallest absolute Gasteiger partial charge is 0.327 e. The molecule has 0 amide bonds. The second-order valence-corrected chi connectivity index (χ2v) is 3.70. The molecule has 6 nitrogen and oxygen atoms in total. The Morgan fingerprint density at radius 2 is 2.33 bits per heavy atom. The van der Waals surface area contributed by atoms with Crippen molar-refractivity contribution in [2.45, 2.75) is 19.4 Å². The van der Waals surface area contributed by atoms with Gasteiger partial charge in [-0.25, -0.2) is 4.79 Å². The van der Waals surface area contributed by atoms with Crippen molar-refractivity contribution in [1.29, 1.82) is 0 Å². The van der Waals surface area contributed by atoms with E-state index in [1.54, 1.807) is 13.0 Å². The van der Waals surface area contributed by atoms with E-state index in [4.69, 9.17) is 11.5 Å². The van der Waals surface area contributed by atoms with Gasteiger partial charge in [0, 0.05) is 24.2 Å². The number of nitro groups is 1. The lowest BCUT2D eigenvalue weighted by Gasteiger charge is -2.14. The number of terminal acetylenes is 1. The van der Waals surface area contributed by atoms with Gasteiger partial charge in [-0.3, -0.25) is 10.1 Å². The Labute approximate surface area is 104 Å². The number of nitrogens with one attached hydrogen (secondary N) is 1. The molecule has 0 fully saturated rings. The highest BCUT2D eigenvalue weighted by atomic mass is 16.6. The van der Waals surface area contributed by atoms with Crippen molar-refractivity contribution in [3.8, 4) is 12.3 Å². The Kier molecular flexibility index (Phi) is 4.27. The van der Waals surface area contributed by atoms with Gasteiger partial charge < -0.3 is 10.4 Å². The summed E-state index contributed by atoms with van der Waals surface area (Å²) in [5, 5.41) is 22.3. The maximum atomic E-state index is 10.9. The standard InChI is InChI=1S/C12H12N2O4/c1-3-4-10(12(15)16)13-11-7-9(14(17)18)6-5-8(11)2/h1,5-7,10,13H,4H2,2H3,(H,15,16). The summed E-state index contributed by atoms with van der Waals surface area (Å²) in [6.07, 6.45) is 5.07. The number of rotatable bonds is 5. The summed E-state index contributed by atoms with van der Waals surface area (Å²) in [7, 11) is 0. The predicted octanol–water partition coefficient (Wildman–Crippen LogP) is 1.79. The molecule has 0 spiro atoms. The maximum Gasteiger partial charge on any atom is 0.327 e. The number of carboxylic acids is 1. The van der Waals surface area contributed by atoms with Crippen LogP contribution in [0.4, 0.5) is 11.4 Å². The van der Waals surface area contributed by atoms with Crippen LogP contribution in [-0.4, -0.2) is 22.0 Å². The Balaban J connectivity index is 3.02. The molecular weight excluding hydrogens is 236 g/mol. The molecule has 0 bridgehead atoms. The molecule has 1 unspecified atom stereocenters. The third kappa shape index (κ3) is 3.22. The van der Waals surface area contributed by atoms with Crippen molar-refractivity contribution < 1.29 is 14.8 Å². The van der Waals surface area contributed by atoms with Gasteiger partial charge in [-0.2, -0.15) is 0 Å². The van der Waals surface area contributed by atoms with E-state index in [0.29, 0.717) is 11.3 Å². The Morgan fingerprint density at radius 1 is 1.67 bits per heavy atom. The maximum absolute atomic E-state index is 10.9. The molecule has 0 radical (unpaired) electrons. The minimum atomic E-state index is -1.10. The fourth-order valence-corrected chi connectivity index (χ4v) is 1.38. The lowest BCUT2D eigenvalue weighted by atomic mass is 10.1. The van der Waals surface area contributed by atoms with Crippen LogP contribution in [0.5, 0.6) is 0 Å². The minimum Gasteiger partial charge on any atom is -0.480 e. The van der Waals surface area contributed by atoms with Crippen LogP contribution in [0.3, 0.4) is 0 Å². The highest BCUT2D eigenvalue weighted by molar-refractivity contribution is 5.78. The van der Waals surface area contributed by atoms with E-state index in [1.807, 2.05) is 0 Å². The first kappa shape index (κ1) is 13.5. The Morgan fingerprint density at radius 3 is 2.83 bits per heavy atom. The molecule has 2 N–H and O–H groups in total. The number of nitro benzene ring substituents is 1. The number of nitrogens with zero attached hydrogens (tertiary/aromatic N) is 1. The van der Waals surface area contributed by atoms with Crippen LogP contribution >= 0.6 is 0 Å². The predicted molar refractivity (Wildman–Crippen MR) is 66.3 cm³/mol. The molecule has 1 atom stereocenters. The normalized spacial score (nSPS) is 11.3. The number of carboxylic acid groups (broad SMARTS) is 1. The van der Waals surface area contributed by atoms with E-state index in [-0.39, 0.29) is 12.1 Å². The summed E-state index contributed by atoms with van der Waals surface area (Å²) in [5.74, 6) is 1.15. The van der Waals surface area contributed by atoms with Crippen LogP contribution in [0, 0.1) is 29.4 Å². The molecule has 0 aliphatic rings. The first-order chi connectivity index (χ1) is 8.45. The van der Waals surface area contributed by atoms with Gasteiger partial charge in [0.25, 0.3) is 5.69 Å². The summed E-state index contributed by atoms with van der Waals surface area (Å²) in [4.78, 5) is 21.0. The van der Waals surface area contributed by atoms with Crippen LogP contribution in [-0.2, 0) is 4.79 Å². The summed E-state index contributed by atoms with van der Waals surface area (Å²) in [6.45, 7) is 1.72. The van der Waals surface area contributed by atoms with E-state index in [0.717, 1.165) is 0 Å². The van der Waals surface area contributed by atoms with Crippen LogP contribution in [0.2, 0.25) is 0 Å². The zero-order valence-corrected chi connectivity index (χ0v) is 9.71. The van der Waals surface area contributed by atoms with Gasteiger partial charge in [0.05, 0.1) is 4.92 Å². The number of anilines is 1. The molecule has 0 aromatic heterocycles. The molecule has 6 heteroatoms. The molecule has 1 aromatic carbocycles. The van der Waals surface area contributed by atoms with Gasteiger partial charge in [0.15, 0.2) is 0 Å². The average molecular weight is 248 g/mol. The van der Waals surface area contributed by atoms with Crippen molar-refractivity contribution in [2.75, 3.05) is 5.32 Å². The third-order valence-corrected chi connectivity index (χ3v) is 2.38. The second kappa shape index (κ2) is 5.68. The molecule has 0 saturated carbocycles. The van der Waals surface area contributed by atoms with Gasteiger partial charge in [-0.1, -0.05) is 6.07 Å². The van der Waals surface area contributed by atoms with Gasteiger partial charge in [-0.15, -0.1) is 12.3 Å². The highest BCUT2D eigenvalue weighted by Crippen LogP contribution is 2.22. The molecule has 0 aliphatic heterocycles. The third-order valence-electron chi connectivity index (χ3n) is 2.38. The lowest BCUT2D eigenvalue weighted by molar-refractivity contribution is -0.384. The molecule has 0 heterocycles. The zero-order chi connectivity index (χ0) is 13.7. The largest absolute Gasteiger partial charge is 0.480 e. The molecule has 18 heavy (non-hydrogen) atoms. The number of hydrogen-bond acceptors (Lipinski definition) is 4. The molecule has 1 rings (SSSR count). The van der Waals surface area contributed by atoms with E-state index < -0.39 is 16.9 Å². The highest BCUT2D eigenvalue weighted by Gasteiger charge is 2.18. The monoisotopic (exact) mass is 248 g/mol. The van der Waals surface area contributed by atoms with Gasteiger partial charge >= 0.3 is 5.97 Å². The van der Waals surface area contributed by atoms with E-state index in [2.05, 4.69) is 11.2 Å². The first-order valence-electron chi connectivity index (χ1n) is 5.13. The molecule has 1 aromatic rings. The van der Waals surface area contributed by atoms with Crippen molar-refractivity contribution in [2.24, 2.45) is 0 Å². The fourth-order valence-electron chi connectivity index (χ4n) is 1.38. The SMILES string of the molecule is C#CCC(Nc1cc([N+](=O)[O-])ccc1C)C(=O)O. The van der Waals surface area contributed by atoms with E-state index in [9.17, 15) is 14.9 Å². The number of aliphatic carboxylic acids is 1. The van der Waals surface area contributed by atoms with Crippen molar-refractivity contribution >= 4 is 17.3 Å². The summed E-state index contributed by atoms with van der Waals surface area (Å²) in [6, 6.07) is 3.24. The number of aryl methyl sites for hydroxylation is 1. The zero-order valence-electron chi connectivity index (χ0n) is 9.71. The second-order valence-electron chi connectivity index (χ2n) is 3.70. The van der Waals surface area contributed by atoms with Crippen molar-refractivity contribution in [3.63, 3.8) is 0 Å². The van der Waals surface area contributed by atoms with Gasteiger partial charge in [0.2, 0.25) is 0 Å². The Bertz CT molecular complexity index is 519. The quantitative estimate of drug-likeness (QED) is 0.471. The number of benzene rings is 1. The van der Waals surface area contributed by atoms with Crippen molar-refractivity contribution in [3.05, 3.63) is 33.9 Å². The summed E-state index contributed by atoms with van der Waals surface area (Å²) >= 11 is 0. The number of non-ortho nitro benzene ring substituents is 1. The molecule has 94 valence electrons. The Hall–Kier alpha value is -2.55. The fraction of sp³-hybridized carbons (Fsp3) is 0.250. The first-order valence-corrected chi connectivity index (χ1v) is 5.13. The molecular formula is C12H12N2O4. The minimum absolute atomic E-state index is 0.00251. The molecule has 0 saturated heterocycles. The van der Waals surface area contributed by atoms with E-state index in [1.165, 1.54) is 12.1 Å². The number of carbonyl (C=O) groups is 1. The van der Waals surface area contributed by atoms with Gasteiger partial charge in [-0.05, 0) is 12.5 Å². The molecule has 0 aliphatic carbocycles. The number of hydrogen-bond donors (Lipinski definition) is 2. The van der Waals surface area contributed by atoms with Crippen LogP contribution < -0.4 is 5.32 Å². The van der Waals surface area contributed by atoms with Crippen LogP contribution in [0.15, 0.2) is 18.2 Å².